The Balaban J connectivity index is 1.25. The average Bonchev–Trinajstić information content (AvgIpc) is 3.22. The van der Waals surface area contributed by atoms with Crippen molar-refractivity contribution >= 4 is 24.8 Å². The zero-order valence-corrected chi connectivity index (χ0v) is 19.2. The van der Waals surface area contributed by atoms with E-state index in [-0.39, 0.29) is 0 Å². The molecular weight excluding hydrogens is 405 g/mol. The van der Waals surface area contributed by atoms with Gasteiger partial charge in [-0.3, -0.25) is 0 Å². The molecule has 1 aliphatic heterocycles. The Bertz CT molecular complexity index is 1210. The maximum absolute atomic E-state index is 6.19. The molecule has 0 aliphatic carbocycles. The van der Waals surface area contributed by atoms with E-state index < -0.39 is 0 Å². The van der Waals surface area contributed by atoms with Crippen LogP contribution in [0.15, 0.2) is 66.9 Å². The van der Waals surface area contributed by atoms with E-state index in [4.69, 9.17) is 12.8 Å². The van der Waals surface area contributed by atoms with Gasteiger partial charge in [-0.15, -0.1) is 0 Å². The van der Waals surface area contributed by atoms with Crippen molar-refractivity contribution in [3.05, 3.63) is 78.0 Å². The Morgan fingerprint density at radius 1 is 1.03 bits per heavy atom. The molecule has 5 rings (SSSR count). The molecule has 1 N–H and O–H groups in total. The minimum absolute atomic E-state index is 0.413. The van der Waals surface area contributed by atoms with Crippen LogP contribution in [0.5, 0.6) is 0 Å². The lowest BCUT2D eigenvalue weighted by molar-refractivity contribution is 0.216. The summed E-state index contributed by atoms with van der Waals surface area (Å²) in [7, 11) is 6.19. The number of nitrogens with zero attached hydrogens (tertiary/aromatic N) is 4. The lowest BCUT2D eigenvalue weighted by Crippen LogP contribution is -2.40. The van der Waals surface area contributed by atoms with E-state index in [1.807, 2.05) is 4.52 Å². The second-order valence-corrected chi connectivity index (χ2v) is 9.03. The van der Waals surface area contributed by atoms with Gasteiger partial charge in [-0.05, 0) is 55.7 Å². The summed E-state index contributed by atoms with van der Waals surface area (Å²) >= 11 is 0. The molecule has 0 unspecified atom stereocenters. The van der Waals surface area contributed by atoms with Crippen LogP contribution >= 0.6 is 0 Å². The third-order valence-electron chi connectivity index (χ3n) is 6.64. The summed E-state index contributed by atoms with van der Waals surface area (Å²) in [5.74, 6) is 0.956. The molecule has 1 aliphatic rings. The number of hydrogen-bond acceptors (Lipinski definition) is 4. The van der Waals surface area contributed by atoms with Crippen molar-refractivity contribution in [1.82, 2.24) is 19.5 Å². The first-order valence-electron chi connectivity index (χ1n) is 11.9. The molecule has 0 atom stereocenters. The smallest absolute Gasteiger partial charge is 0.150 e. The number of piperidine rings is 1. The lowest BCUT2D eigenvalue weighted by atomic mass is 10.00. The quantitative estimate of drug-likeness (QED) is 0.446. The summed E-state index contributed by atoms with van der Waals surface area (Å²) in [6, 6.07) is 21.6. The molecule has 2 aromatic carbocycles. The van der Waals surface area contributed by atoms with E-state index in [1.165, 1.54) is 17.5 Å². The van der Waals surface area contributed by atoms with Gasteiger partial charge in [-0.1, -0.05) is 54.6 Å². The zero-order chi connectivity index (χ0) is 22.6. The molecule has 0 amide bonds. The van der Waals surface area contributed by atoms with Crippen molar-refractivity contribution in [3.63, 3.8) is 0 Å². The van der Waals surface area contributed by atoms with Crippen molar-refractivity contribution in [2.45, 2.75) is 38.6 Å². The fourth-order valence-corrected chi connectivity index (χ4v) is 4.74. The number of likely N-dealkylation sites (tertiary alicyclic amines) is 1. The van der Waals surface area contributed by atoms with Gasteiger partial charge in [0, 0.05) is 37.0 Å². The predicted molar refractivity (Wildman–Crippen MR) is 136 cm³/mol. The molecule has 2 aromatic heterocycles. The number of fused-ring (bicyclic) bond motifs is 1. The first-order valence-corrected chi connectivity index (χ1v) is 11.9. The molecule has 33 heavy (non-hydrogen) atoms. The Morgan fingerprint density at radius 3 is 2.58 bits per heavy atom. The van der Waals surface area contributed by atoms with Crippen LogP contribution in [-0.2, 0) is 6.42 Å². The summed E-state index contributed by atoms with van der Waals surface area (Å²) in [5, 5.41) is 8.23. The van der Waals surface area contributed by atoms with E-state index in [0.717, 1.165) is 56.0 Å². The maximum Gasteiger partial charge on any atom is 0.150 e. The van der Waals surface area contributed by atoms with Crippen molar-refractivity contribution in [1.29, 1.82) is 0 Å². The van der Waals surface area contributed by atoms with Crippen molar-refractivity contribution in [3.8, 4) is 11.3 Å². The van der Waals surface area contributed by atoms with Gasteiger partial charge in [-0.25, -0.2) is 4.98 Å². The molecule has 2 radical (unpaired) electrons. The van der Waals surface area contributed by atoms with Gasteiger partial charge in [0.2, 0.25) is 0 Å². The largest absolute Gasteiger partial charge is 0.367 e. The van der Waals surface area contributed by atoms with Crippen LogP contribution in [-0.4, -0.2) is 53.0 Å². The average molecular weight is 435 g/mol. The van der Waals surface area contributed by atoms with Gasteiger partial charge >= 0.3 is 0 Å². The van der Waals surface area contributed by atoms with Crippen molar-refractivity contribution < 1.29 is 0 Å². The van der Waals surface area contributed by atoms with Gasteiger partial charge < -0.3 is 10.2 Å². The molecule has 0 saturated carbocycles. The molecule has 4 aromatic rings. The van der Waals surface area contributed by atoms with Crippen LogP contribution < -0.4 is 10.8 Å². The van der Waals surface area contributed by atoms with Crippen LogP contribution in [0.2, 0.25) is 0 Å². The Kier molecular flexibility index (Phi) is 6.45. The highest BCUT2D eigenvalue weighted by atomic mass is 15.3. The van der Waals surface area contributed by atoms with Crippen LogP contribution in [0, 0.1) is 6.92 Å². The number of aromatic nitrogens is 3. The molecule has 1 fully saturated rings. The number of benzene rings is 2. The van der Waals surface area contributed by atoms with Gasteiger partial charge in [0.25, 0.3) is 0 Å². The first kappa shape index (κ1) is 21.7. The first-order chi connectivity index (χ1) is 16.2. The Morgan fingerprint density at radius 2 is 1.79 bits per heavy atom. The fourth-order valence-electron chi connectivity index (χ4n) is 4.74. The third-order valence-corrected chi connectivity index (χ3v) is 6.64. The predicted octanol–water partition coefficient (Wildman–Crippen LogP) is 4.01. The molecule has 3 heterocycles. The molecule has 1 saturated heterocycles. The van der Waals surface area contributed by atoms with Crippen LogP contribution in [0.3, 0.4) is 0 Å². The number of aryl methyl sites for hydroxylation is 2. The van der Waals surface area contributed by atoms with Gasteiger partial charge in [0.1, 0.15) is 13.7 Å². The second kappa shape index (κ2) is 9.80. The number of anilines is 1. The van der Waals surface area contributed by atoms with E-state index in [0.29, 0.717) is 17.2 Å². The van der Waals surface area contributed by atoms with E-state index in [9.17, 15) is 0 Å². The molecule has 5 nitrogen and oxygen atoms in total. The van der Waals surface area contributed by atoms with Crippen molar-refractivity contribution in [2.75, 3.05) is 25.0 Å². The number of nitrogens with one attached hydrogen (secondary N) is 1. The van der Waals surface area contributed by atoms with Crippen LogP contribution in [0.4, 0.5) is 5.82 Å². The number of rotatable bonds is 7. The van der Waals surface area contributed by atoms with Gasteiger partial charge in [-0.2, -0.15) is 9.61 Å². The normalized spacial score (nSPS) is 15.2. The van der Waals surface area contributed by atoms with E-state index in [2.05, 4.69) is 82.9 Å². The maximum atomic E-state index is 6.19. The van der Waals surface area contributed by atoms with E-state index in [1.54, 1.807) is 6.20 Å². The van der Waals surface area contributed by atoms with Crippen LogP contribution in [0.1, 0.15) is 30.4 Å². The highest BCUT2D eigenvalue weighted by Gasteiger charge is 2.21. The summed E-state index contributed by atoms with van der Waals surface area (Å²) in [6.45, 7) is 5.51. The van der Waals surface area contributed by atoms with Crippen LogP contribution in [0.25, 0.3) is 16.9 Å². The lowest BCUT2D eigenvalue weighted by Gasteiger charge is -2.33. The summed E-state index contributed by atoms with van der Waals surface area (Å²) in [4.78, 5) is 7.41. The highest BCUT2D eigenvalue weighted by molar-refractivity contribution is 6.36. The minimum Gasteiger partial charge on any atom is -0.367 e. The topological polar surface area (TPSA) is 45.5 Å². The minimum atomic E-state index is 0.413. The molecular formula is C27H30BN5. The zero-order valence-electron chi connectivity index (χ0n) is 19.2. The van der Waals surface area contributed by atoms with Gasteiger partial charge in [0.15, 0.2) is 5.65 Å². The fraction of sp³-hybridized carbons (Fsp3) is 0.333. The highest BCUT2D eigenvalue weighted by Crippen LogP contribution is 2.26. The molecule has 166 valence electrons. The number of hydrogen-bond donors (Lipinski definition) is 1. The SMILES string of the molecule is [B]c1cnn2c(NC3CCN(CCCc4ccccc4)CC3)cc(-c3ccccc3C)nc12. The standard InChI is InChI=1S/C27H30BN5/c1-20-8-5-6-12-23(20)25-18-26(33-27(31-25)24(28)19-29-33)30-22-13-16-32(17-14-22)15-7-11-21-9-3-2-4-10-21/h2-6,8-10,12,18-19,22,30H,7,11,13-17H2,1H3. The molecule has 0 spiro atoms. The summed E-state index contributed by atoms with van der Waals surface area (Å²) < 4.78 is 1.84. The second-order valence-electron chi connectivity index (χ2n) is 9.03. The van der Waals surface area contributed by atoms with E-state index >= 15 is 0 Å². The summed E-state index contributed by atoms with van der Waals surface area (Å²) in [6.07, 6.45) is 6.28. The van der Waals surface area contributed by atoms with Gasteiger partial charge in [0.05, 0.1) is 5.69 Å². The Labute approximate surface area is 197 Å². The van der Waals surface area contributed by atoms with Crippen molar-refractivity contribution in [2.24, 2.45) is 0 Å². The summed E-state index contributed by atoms with van der Waals surface area (Å²) in [5.41, 5.74) is 5.98. The monoisotopic (exact) mass is 435 g/mol. The third kappa shape index (κ3) is 4.96. The molecule has 6 heteroatoms. The Hall–Kier alpha value is -3.12. The molecule has 0 bridgehead atoms.